The topological polar surface area (TPSA) is 54.7 Å². The van der Waals surface area contributed by atoms with Gasteiger partial charge in [-0.2, -0.15) is 5.10 Å². The molecule has 3 nitrogen and oxygen atoms in total. The molecule has 0 aliphatic heterocycles. The Morgan fingerprint density at radius 1 is 1.80 bits per heavy atom. The second-order valence-corrected chi connectivity index (χ2v) is 2.48. The van der Waals surface area contributed by atoms with Crippen molar-refractivity contribution in [1.82, 2.24) is 10.2 Å². The van der Waals surface area contributed by atoms with E-state index in [2.05, 4.69) is 17.1 Å². The third kappa shape index (κ3) is 1.19. The lowest BCUT2D eigenvalue weighted by atomic mass is 10.1. The molecule has 0 aromatic carbocycles. The zero-order valence-corrected chi connectivity index (χ0v) is 6.39. The zero-order chi connectivity index (χ0) is 7.56. The molecule has 0 bridgehead atoms. The summed E-state index contributed by atoms with van der Waals surface area (Å²) < 4.78 is 0. The number of aromatic amines is 1. The Bertz CT molecular complexity index is 204. The Morgan fingerprint density at radius 2 is 2.50 bits per heavy atom. The average molecular weight is 139 g/mol. The van der Waals surface area contributed by atoms with E-state index in [4.69, 9.17) is 5.73 Å². The summed E-state index contributed by atoms with van der Waals surface area (Å²) in [7, 11) is 0. The largest absolute Gasteiger partial charge is 0.323 e. The molecule has 1 aromatic heterocycles. The van der Waals surface area contributed by atoms with Gasteiger partial charge in [0.05, 0.1) is 11.9 Å². The highest BCUT2D eigenvalue weighted by molar-refractivity contribution is 5.16. The van der Waals surface area contributed by atoms with Crippen LogP contribution in [-0.4, -0.2) is 10.2 Å². The summed E-state index contributed by atoms with van der Waals surface area (Å²) in [5, 5.41) is 6.77. The van der Waals surface area contributed by atoms with Gasteiger partial charge in [0.2, 0.25) is 0 Å². The van der Waals surface area contributed by atoms with Gasteiger partial charge >= 0.3 is 0 Å². The third-order valence-electron chi connectivity index (χ3n) is 1.68. The first-order valence-electron chi connectivity index (χ1n) is 3.51. The summed E-state index contributed by atoms with van der Waals surface area (Å²) >= 11 is 0. The van der Waals surface area contributed by atoms with E-state index in [1.54, 1.807) is 6.20 Å². The van der Waals surface area contributed by atoms with Crippen LogP contribution in [0.2, 0.25) is 0 Å². The molecule has 1 rings (SSSR count). The summed E-state index contributed by atoms with van der Waals surface area (Å²) in [6, 6.07) is 0.113. The maximum Gasteiger partial charge on any atom is 0.0548 e. The lowest BCUT2D eigenvalue weighted by Crippen LogP contribution is -2.10. The van der Waals surface area contributed by atoms with Crippen LogP contribution in [0.15, 0.2) is 6.20 Å². The molecular formula is C7H13N3. The standard InChI is InChI=1S/C7H13N3/c1-3-6(8)7-5(2)4-9-10-7/h4,6H,3,8H2,1-2H3,(H,9,10). The van der Waals surface area contributed by atoms with Gasteiger partial charge in [-0.05, 0) is 18.9 Å². The van der Waals surface area contributed by atoms with Crippen LogP contribution in [0.3, 0.4) is 0 Å². The summed E-state index contributed by atoms with van der Waals surface area (Å²) in [4.78, 5) is 0. The number of nitrogens with zero attached hydrogens (tertiary/aromatic N) is 1. The number of nitrogens with two attached hydrogens (primary N) is 1. The first-order valence-corrected chi connectivity index (χ1v) is 3.51. The lowest BCUT2D eigenvalue weighted by Gasteiger charge is -2.05. The molecule has 0 saturated heterocycles. The predicted molar refractivity (Wildman–Crippen MR) is 40.5 cm³/mol. The van der Waals surface area contributed by atoms with Crippen LogP contribution in [0.5, 0.6) is 0 Å². The minimum absolute atomic E-state index is 0.113. The van der Waals surface area contributed by atoms with Crippen LogP contribution in [0.25, 0.3) is 0 Å². The molecule has 0 amide bonds. The van der Waals surface area contributed by atoms with E-state index in [0.29, 0.717) is 0 Å². The number of hydrogen-bond donors (Lipinski definition) is 2. The number of aryl methyl sites for hydroxylation is 1. The Morgan fingerprint density at radius 3 is 2.90 bits per heavy atom. The molecular weight excluding hydrogens is 126 g/mol. The number of aromatic nitrogens is 2. The van der Waals surface area contributed by atoms with Gasteiger partial charge in [0, 0.05) is 6.04 Å². The van der Waals surface area contributed by atoms with E-state index < -0.39 is 0 Å². The van der Waals surface area contributed by atoms with Gasteiger partial charge in [0.1, 0.15) is 0 Å². The van der Waals surface area contributed by atoms with Crippen molar-refractivity contribution in [2.45, 2.75) is 26.3 Å². The summed E-state index contributed by atoms with van der Waals surface area (Å²) in [6.45, 7) is 4.07. The fraction of sp³-hybridized carbons (Fsp3) is 0.571. The summed E-state index contributed by atoms with van der Waals surface area (Å²) in [6.07, 6.45) is 2.74. The van der Waals surface area contributed by atoms with E-state index >= 15 is 0 Å². The summed E-state index contributed by atoms with van der Waals surface area (Å²) in [5.74, 6) is 0. The second-order valence-electron chi connectivity index (χ2n) is 2.48. The Labute approximate surface area is 60.6 Å². The van der Waals surface area contributed by atoms with Crippen molar-refractivity contribution in [3.63, 3.8) is 0 Å². The van der Waals surface area contributed by atoms with Gasteiger partial charge in [-0.15, -0.1) is 0 Å². The van der Waals surface area contributed by atoms with Crippen LogP contribution in [0, 0.1) is 6.92 Å². The van der Waals surface area contributed by atoms with Crippen LogP contribution < -0.4 is 5.73 Å². The highest BCUT2D eigenvalue weighted by Crippen LogP contribution is 2.13. The van der Waals surface area contributed by atoms with Crippen molar-refractivity contribution in [3.8, 4) is 0 Å². The van der Waals surface area contributed by atoms with Crippen molar-refractivity contribution in [2.75, 3.05) is 0 Å². The maximum absolute atomic E-state index is 5.77. The Kier molecular flexibility index (Phi) is 2.06. The van der Waals surface area contributed by atoms with Crippen molar-refractivity contribution < 1.29 is 0 Å². The first-order chi connectivity index (χ1) is 4.75. The van der Waals surface area contributed by atoms with Crippen LogP contribution in [-0.2, 0) is 0 Å². The molecule has 0 aliphatic rings. The highest BCUT2D eigenvalue weighted by Gasteiger charge is 2.06. The van der Waals surface area contributed by atoms with Crippen LogP contribution in [0.4, 0.5) is 0 Å². The van der Waals surface area contributed by atoms with E-state index in [9.17, 15) is 0 Å². The molecule has 1 unspecified atom stereocenters. The quantitative estimate of drug-likeness (QED) is 0.645. The molecule has 0 fully saturated rings. The molecule has 0 radical (unpaired) electrons. The molecule has 3 heteroatoms. The average Bonchev–Trinajstić information content (AvgIpc) is 2.34. The van der Waals surface area contributed by atoms with Gasteiger partial charge in [-0.25, -0.2) is 0 Å². The van der Waals surface area contributed by atoms with Crippen molar-refractivity contribution in [1.29, 1.82) is 0 Å². The van der Waals surface area contributed by atoms with Gasteiger partial charge in [0.15, 0.2) is 0 Å². The normalized spacial score (nSPS) is 13.5. The van der Waals surface area contributed by atoms with Gasteiger partial charge in [-0.1, -0.05) is 6.92 Å². The van der Waals surface area contributed by atoms with E-state index in [1.165, 1.54) is 0 Å². The smallest absolute Gasteiger partial charge is 0.0548 e. The highest BCUT2D eigenvalue weighted by atomic mass is 15.1. The predicted octanol–water partition coefficient (Wildman–Crippen LogP) is 1.13. The van der Waals surface area contributed by atoms with E-state index in [0.717, 1.165) is 17.7 Å². The number of H-pyrrole nitrogens is 1. The molecule has 0 saturated carbocycles. The molecule has 1 aromatic rings. The van der Waals surface area contributed by atoms with Crippen LogP contribution in [0.1, 0.15) is 30.6 Å². The van der Waals surface area contributed by atoms with Crippen molar-refractivity contribution in [2.24, 2.45) is 5.73 Å². The molecule has 1 atom stereocenters. The van der Waals surface area contributed by atoms with Crippen LogP contribution >= 0.6 is 0 Å². The third-order valence-corrected chi connectivity index (χ3v) is 1.68. The molecule has 0 aliphatic carbocycles. The molecule has 56 valence electrons. The fourth-order valence-corrected chi connectivity index (χ4v) is 0.936. The second kappa shape index (κ2) is 2.84. The monoisotopic (exact) mass is 139 g/mol. The zero-order valence-electron chi connectivity index (χ0n) is 6.39. The van der Waals surface area contributed by atoms with Gasteiger partial charge in [0.25, 0.3) is 0 Å². The Balaban J connectivity index is 2.82. The first kappa shape index (κ1) is 7.28. The molecule has 1 heterocycles. The molecule has 10 heavy (non-hydrogen) atoms. The van der Waals surface area contributed by atoms with Crippen molar-refractivity contribution >= 4 is 0 Å². The minimum Gasteiger partial charge on any atom is -0.323 e. The molecule has 0 spiro atoms. The van der Waals surface area contributed by atoms with Crippen molar-refractivity contribution in [3.05, 3.63) is 17.5 Å². The number of rotatable bonds is 2. The van der Waals surface area contributed by atoms with E-state index in [1.807, 2.05) is 6.92 Å². The maximum atomic E-state index is 5.77. The Hall–Kier alpha value is -0.830. The number of nitrogens with one attached hydrogen (secondary N) is 1. The summed E-state index contributed by atoms with van der Waals surface area (Å²) in [5.41, 5.74) is 7.97. The molecule has 3 N–H and O–H groups in total. The van der Waals surface area contributed by atoms with Gasteiger partial charge in [-0.3, -0.25) is 5.10 Å². The van der Waals surface area contributed by atoms with E-state index in [-0.39, 0.29) is 6.04 Å². The SMILES string of the molecule is CCC(N)c1[nH]ncc1C. The van der Waals surface area contributed by atoms with Gasteiger partial charge < -0.3 is 5.73 Å². The fourth-order valence-electron chi connectivity index (χ4n) is 0.936. The lowest BCUT2D eigenvalue weighted by molar-refractivity contribution is 0.668. The number of hydrogen-bond acceptors (Lipinski definition) is 2. The minimum atomic E-state index is 0.113.